The van der Waals surface area contributed by atoms with Crippen molar-refractivity contribution in [3.63, 3.8) is 0 Å². The molecule has 1 nitrogen and oxygen atoms in total. The average molecular weight is 200 g/mol. The Labute approximate surface area is 81.9 Å². The summed E-state index contributed by atoms with van der Waals surface area (Å²) in [5.74, 6) is 0.967. The molecule has 0 unspecified atom stereocenters. The van der Waals surface area contributed by atoms with E-state index in [1.807, 2.05) is 12.1 Å². The first-order chi connectivity index (χ1) is 5.83. The number of methoxy groups -OCH3 is 1. The van der Waals surface area contributed by atoms with Gasteiger partial charge in [0.1, 0.15) is 5.75 Å². The summed E-state index contributed by atoms with van der Waals surface area (Å²) in [5, 5.41) is 0. The number of rotatable bonds is 3. The van der Waals surface area contributed by atoms with E-state index in [-0.39, 0.29) is 0 Å². The van der Waals surface area contributed by atoms with Crippen LogP contribution < -0.4 is 4.74 Å². The SMILES string of the molecule is COc1cccc(SC)c1SC. The first kappa shape index (κ1) is 9.81. The molecule has 1 aromatic carbocycles. The number of hydrogen-bond acceptors (Lipinski definition) is 3. The van der Waals surface area contributed by atoms with Crippen LogP contribution in [0.25, 0.3) is 0 Å². The van der Waals surface area contributed by atoms with E-state index in [1.165, 1.54) is 9.79 Å². The van der Waals surface area contributed by atoms with Gasteiger partial charge < -0.3 is 4.74 Å². The molecule has 0 N–H and O–H groups in total. The maximum atomic E-state index is 5.24. The zero-order valence-corrected chi connectivity index (χ0v) is 9.09. The van der Waals surface area contributed by atoms with Gasteiger partial charge in [-0.15, -0.1) is 23.5 Å². The molecule has 0 saturated carbocycles. The summed E-state index contributed by atoms with van der Waals surface area (Å²) in [7, 11) is 1.71. The molecule has 1 rings (SSSR count). The van der Waals surface area contributed by atoms with Gasteiger partial charge >= 0.3 is 0 Å². The van der Waals surface area contributed by atoms with E-state index >= 15 is 0 Å². The van der Waals surface area contributed by atoms with E-state index < -0.39 is 0 Å². The van der Waals surface area contributed by atoms with E-state index in [0.29, 0.717) is 0 Å². The highest BCUT2D eigenvalue weighted by atomic mass is 32.2. The fourth-order valence-electron chi connectivity index (χ4n) is 1.02. The molecule has 0 bridgehead atoms. The maximum absolute atomic E-state index is 5.24. The van der Waals surface area contributed by atoms with Gasteiger partial charge in [0, 0.05) is 4.90 Å². The van der Waals surface area contributed by atoms with Crippen molar-refractivity contribution in [3.05, 3.63) is 18.2 Å². The third-order valence-electron chi connectivity index (χ3n) is 1.59. The van der Waals surface area contributed by atoms with Crippen molar-refractivity contribution in [3.8, 4) is 5.75 Å². The number of ether oxygens (including phenoxy) is 1. The van der Waals surface area contributed by atoms with Gasteiger partial charge in [0.15, 0.2) is 0 Å². The molecular formula is C9H12OS2. The van der Waals surface area contributed by atoms with Crippen LogP contribution in [0.4, 0.5) is 0 Å². The van der Waals surface area contributed by atoms with Crippen LogP contribution >= 0.6 is 23.5 Å². The van der Waals surface area contributed by atoms with Crippen molar-refractivity contribution < 1.29 is 4.74 Å². The van der Waals surface area contributed by atoms with Crippen molar-refractivity contribution in [1.29, 1.82) is 0 Å². The summed E-state index contributed by atoms with van der Waals surface area (Å²) >= 11 is 3.47. The standard InChI is InChI=1S/C9H12OS2/c1-10-7-5-4-6-8(11-2)9(7)12-3/h4-6H,1-3H3. The van der Waals surface area contributed by atoms with E-state index in [9.17, 15) is 0 Å². The Morgan fingerprint density at radius 3 is 2.42 bits per heavy atom. The van der Waals surface area contributed by atoms with Gasteiger partial charge in [-0.25, -0.2) is 0 Å². The van der Waals surface area contributed by atoms with Gasteiger partial charge in [-0.3, -0.25) is 0 Å². The Bertz CT molecular complexity index is 238. The third kappa shape index (κ3) is 1.90. The molecule has 66 valence electrons. The Morgan fingerprint density at radius 2 is 1.92 bits per heavy atom. The topological polar surface area (TPSA) is 9.23 Å². The van der Waals surface area contributed by atoms with Crippen LogP contribution in [0, 0.1) is 0 Å². The zero-order valence-electron chi connectivity index (χ0n) is 7.46. The van der Waals surface area contributed by atoms with Crippen LogP contribution in [0.5, 0.6) is 5.75 Å². The Kier molecular flexibility index (Phi) is 3.82. The zero-order chi connectivity index (χ0) is 8.97. The largest absolute Gasteiger partial charge is 0.496 e. The Balaban J connectivity index is 3.13. The molecule has 0 atom stereocenters. The lowest BCUT2D eigenvalue weighted by atomic mass is 10.3. The highest BCUT2D eigenvalue weighted by Gasteiger charge is 2.05. The predicted molar refractivity (Wildman–Crippen MR) is 56.6 cm³/mol. The third-order valence-corrected chi connectivity index (χ3v) is 3.33. The number of benzene rings is 1. The van der Waals surface area contributed by atoms with E-state index in [1.54, 1.807) is 30.6 Å². The van der Waals surface area contributed by atoms with Crippen LogP contribution in [0.2, 0.25) is 0 Å². The molecule has 0 spiro atoms. The van der Waals surface area contributed by atoms with Crippen molar-refractivity contribution in [1.82, 2.24) is 0 Å². The van der Waals surface area contributed by atoms with Crippen molar-refractivity contribution in [2.45, 2.75) is 9.79 Å². The lowest BCUT2D eigenvalue weighted by Crippen LogP contribution is -1.87. The minimum Gasteiger partial charge on any atom is -0.496 e. The van der Waals surface area contributed by atoms with Crippen LogP contribution in [0.15, 0.2) is 28.0 Å². The second-order valence-corrected chi connectivity index (χ2v) is 3.86. The summed E-state index contributed by atoms with van der Waals surface area (Å²) in [6.07, 6.45) is 4.14. The molecule has 0 heterocycles. The van der Waals surface area contributed by atoms with Gasteiger partial charge in [-0.1, -0.05) is 6.07 Å². The van der Waals surface area contributed by atoms with Crippen molar-refractivity contribution >= 4 is 23.5 Å². The van der Waals surface area contributed by atoms with Crippen LogP contribution in [-0.2, 0) is 0 Å². The first-order valence-electron chi connectivity index (χ1n) is 3.58. The smallest absolute Gasteiger partial charge is 0.133 e. The lowest BCUT2D eigenvalue weighted by molar-refractivity contribution is 0.402. The second-order valence-electron chi connectivity index (χ2n) is 2.20. The molecule has 3 heteroatoms. The molecule has 12 heavy (non-hydrogen) atoms. The van der Waals surface area contributed by atoms with E-state index in [0.717, 1.165) is 5.75 Å². The van der Waals surface area contributed by atoms with Crippen LogP contribution in [-0.4, -0.2) is 19.6 Å². The summed E-state index contributed by atoms with van der Waals surface area (Å²) in [4.78, 5) is 2.51. The number of thioether (sulfide) groups is 2. The van der Waals surface area contributed by atoms with Gasteiger partial charge in [0.2, 0.25) is 0 Å². The second kappa shape index (κ2) is 4.67. The minimum absolute atomic E-state index is 0.967. The highest BCUT2D eigenvalue weighted by molar-refractivity contribution is 8.01. The Hall–Kier alpha value is -0.280. The number of hydrogen-bond donors (Lipinski definition) is 0. The minimum atomic E-state index is 0.967. The molecule has 0 fully saturated rings. The van der Waals surface area contributed by atoms with E-state index in [2.05, 4.69) is 18.6 Å². The van der Waals surface area contributed by atoms with Crippen LogP contribution in [0.3, 0.4) is 0 Å². The molecule has 0 aliphatic heterocycles. The van der Waals surface area contributed by atoms with Gasteiger partial charge in [-0.2, -0.15) is 0 Å². The monoisotopic (exact) mass is 200 g/mol. The van der Waals surface area contributed by atoms with Crippen molar-refractivity contribution in [2.75, 3.05) is 19.6 Å². The summed E-state index contributed by atoms with van der Waals surface area (Å²) in [5.41, 5.74) is 0. The summed E-state index contributed by atoms with van der Waals surface area (Å²) in [6, 6.07) is 6.12. The molecule has 0 saturated heterocycles. The molecule has 0 aliphatic rings. The molecular weight excluding hydrogens is 188 g/mol. The molecule has 0 amide bonds. The van der Waals surface area contributed by atoms with Crippen LogP contribution in [0.1, 0.15) is 0 Å². The average Bonchev–Trinajstić information content (AvgIpc) is 2.16. The first-order valence-corrected chi connectivity index (χ1v) is 6.03. The predicted octanol–water partition coefficient (Wildman–Crippen LogP) is 3.14. The summed E-state index contributed by atoms with van der Waals surface area (Å²) in [6.45, 7) is 0. The maximum Gasteiger partial charge on any atom is 0.133 e. The molecule has 0 aliphatic carbocycles. The molecule has 0 aromatic heterocycles. The van der Waals surface area contributed by atoms with Crippen molar-refractivity contribution in [2.24, 2.45) is 0 Å². The quantitative estimate of drug-likeness (QED) is 0.694. The molecule has 0 radical (unpaired) electrons. The van der Waals surface area contributed by atoms with Gasteiger partial charge in [0.25, 0.3) is 0 Å². The van der Waals surface area contributed by atoms with E-state index in [4.69, 9.17) is 4.74 Å². The lowest BCUT2D eigenvalue weighted by Gasteiger charge is -2.09. The summed E-state index contributed by atoms with van der Waals surface area (Å²) < 4.78 is 5.24. The fourth-order valence-corrected chi connectivity index (χ4v) is 2.64. The Morgan fingerprint density at radius 1 is 1.17 bits per heavy atom. The fraction of sp³-hybridized carbons (Fsp3) is 0.333. The molecule has 1 aromatic rings. The van der Waals surface area contributed by atoms with Gasteiger partial charge in [0.05, 0.1) is 12.0 Å². The van der Waals surface area contributed by atoms with Gasteiger partial charge in [-0.05, 0) is 24.6 Å². The highest BCUT2D eigenvalue weighted by Crippen LogP contribution is 2.35. The normalized spacial score (nSPS) is 9.92.